The van der Waals surface area contributed by atoms with Crippen molar-refractivity contribution >= 4 is 11.6 Å². The standard InChI is InChI=1S/C13H15NO2/c1-9(15)12-8-10(6-7-14-12)11-4-2-3-5-13(11)16/h6-8,11H,2-5H2,1H3. The molecule has 1 heterocycles. The minimum Gasteiger partial charge on any atom is -0.299 e. The highest BCUT2D eigenvalue weighted by Crippen LogP contribution is 2.29. The molecule has 1 aliphatic carbocycles. The fraction of sp³-hybridized carbons (Fsp3) is 0.462. The molecule has 0 spiro atoms. The van der Waals surface area contributed by atoms with Gasteiger partial charge in [0.25, 0.3) is 0 Å². The fourth-order valence-corrected chi connectivity index (χ4v) is 2.19. The number of aromatic nitrogens is 1. The summed E-state index contributed by atoms with van der Waals surface area (Å²) < 4.78 is 0. The van der Waals surface area contributed by atoms with Gasteiger partial charge in [-0.3, -0.25) is 14.6 Å². The molecule has 0 N–H and O–H groups in total. The van der Waals surface area contributed by atoms with Crippen LogP contribution in [0.4, 0.5) is 0 Å². The lowest BCUT2D eigenvalue weighted by molar-refractivity contribution is -0.121. The summed E-state index contributed by atoms with van der Waals surface area (Å²) in [7, 11) is 0. The molecule has 0 radical (unpaired) electrons. The Bertz CT molecular complexity index is 426. The third-order valence-corrected chi connectivity index (χ3v) is 3.10. The maximum atomic E-state index is 11.8. The van der Waals surface area contributed by atoms with E-state index >= 15 is 0 Å². The molecule has 1 atom stereocenters. The van der Waals surface area contributed by atoms with Crippen molar-refractivity contribution in [3.8, 4) is 0 Å². The minimum atomic E-state index is -0.0508. The lowest BCUT2D eigenvalue weighted by Gasteiger charge is -2.20. The van der Waals surface area contributed by atoms with Crippen molar-refractivity contribution in [3.05, 3.63) is 29.6 Å². The number of nitrogens with zero attached hydrogens (tertiary/aromatic N) is 1. The molecule has 0 bridgehead atoms. The first-order valence-electron chi connectivity index (χ1n) is 5.68. The number of ketones is 2. The molecule has 2 rings (SSSR count). The number of pyridine rings is 1. The zero-order valence-corrected chi connectivity index (χ0v) is 9.40. The van der Waals surface area contributed by atoms with Gasteiger partial charge in [0.15, 0.2) is 5.78 Å². The molecule has 1 aromatic rings. The summed E-state index contributed by atoms with van der Waals surface area (Å²) in [6, 6.07) is 3.61. The van der Waals surface area contributed by atoms with Gasteiger partial charge in [0, 0.05) is 25.5 Å². The molecular weight excluding hydrogens is 202 g/mol. The van der Waals surface area contributed by atoms with Crippen molar-refractivity contribution in [2.75, 3.05) is 0 Å². The topological polar surface area (TPSA) is 47.0 Å². The highest BCUT2D eigenvalue weighted by atomic mass is 16.1. The Hall–Kier alpha value is -1.51. The summed E-state index contributed by atoms with van der Waals surface area (Å²) in [5, 5.41) is 0. The Morgan fingerprint density at radius 2 is 2.25 bits per heavy atom. The lowest BCUT2D eigenvalue weighted by Crippen LogP contribution is -2.17. The van der Waals surface area contributed by atoms with E-state index in [2.05, 4.69) is 4.98 Å². The summed E-state index contributed by atoms with van der Waals surface area (Å²) in [4.78, 5) is 27.0. The molecule has 3 heteroatoms. The number of carbonyl (C=O) groups excluding carboxylic acids is 2. The van der Waals surface area contributed by atoms with Gasteiger partial charge in [-0.25, -0.2) is 0 Å². The van der Waals surface area contributed by atoms with Crippen molar-refractivity contribution in [3.63, 3.8) is 0 Å². The predicted molar refractivity (Wildman–Crippen MR) is 60.5 cm³/mol. The Labute approximate surface area is 94.9 Å². The summed E-state index contributed by atoms with van der Waals surface area (Å²) in [5.41, 5.74) is 1.40. The van der Waals surface area contributed by atoms with Gasteiger partial charge in [0.2, 0.25) is 0 Å². The van der Waals surface area contributed by atoms with E-state index in [1.807, 2.05) is 6.07 Å². The van der Waals surface area contributed by atoms with E-state index in [1.165, 1.54) is 6.92 Å². The van der Waals surface area contributed by atoms with Gasteiger partial charge < -0.3 is 0 Å². The molecule has 0 saturated heterocycles. The van der Waals surface area contributed by atoms with E-state index in [9.17, 15) is 9.59 Å². The van der Waals surface area contributed by atoms with Crippen molar-refractivity contribution in [2.24, 2.45) is 0 Å². The Balaban J connectivity index is 2.28. The molecule has 1 unspecified atom stereocenters. The van der Waals surface area contributed by atoms with Gasteiger partial charge >= 0.3 is 0 Å². The Kier molecular flexibility index (Phi) is 3.13. The van der Waals surface area contributed by atoms with Crippen molar-refractivity contribution in [2.45, 2.75) is 38.5 Å². The van der Waals surface area contributed by atoms with Crippen LogP contribution in [-0.2, 0) is 4.79 Å². The first kappa shape index (κ1) is 11.0. The van der Waals surface area contributed by atoms with Crippen LogP contribution < -0.4 is 0 Å². The molecule has 0 aliphatic heterocycles. The van der Waals surface area contributed by atoms with E-state index in [0.717, 1.165) is 24.8 Å². The molecule has 0 aromatic carbocycles. The van der Waals surface area contributed by atoms with Crippen LogP contribution >= 0.6 is 0 Å². The van der Waals surface area contributed by atoms with Crippen LogP contribution in [-0.4, -0.2) is 16.6 Å². The van der Waals surface area contributed by atoms with Crippen molar-refractivity contribution in [1.82, 2.24) is 4.98 Å². The van der Waals surface area contributed by atoms with Crippen LogP contribution in [0, 0.1) is 0 Å². The average Bonchev–Trinajstić information content (AvgIpc) is 2.30. The Morgan fingerprint density at radius 1 is 1.44 bits per heavy atom. The van der Waals surface area contributed by atoms with E-state index in [4.69, 9.17) is 0 Å². The largest absolute Gasteiger partial charge is 0.299 e. The quantitative estimate of drug-likeness (QED) is 0.715. The van der Waals surface area contributed by atoms with Gasteiger partial charge in [-0.15, -0.1) is 0 Å². The van der Waals surface area contributed by atoms with Crippen LogP contribution in [0.15, 0.2) is 18.3 Å². The molecule has 84 valence electrons. The van der Waals surface area contributed by atoms with Gasteiger partial charge in [0.05, 0.1) is 0 Å². The molecule has 1 aromatic heterocycles. The van der Waals surface area contributed by atoms with Gasteiger partial charge in [-0.05, 0) is 30.5 Å². The van der Waals surface area contributed by atoms with E-state index < -0.39 is 0 Å². The van der Waals surface area contributed by atoms with Crippen molar-refractivity contribution < 1.29 is 9.59 Å². The van der Waals surface area contributed by atoms with Crippen LogP contribution in [0.3, 0.4) is 0 Å². The second-order valence-electron chi connectivity index (χ2n) is 4.30. The van der Waals surface area contributed by atoms with E-state index in [-0.39, 0.29) is 11.7 Å². The zero-order chi connectivity index (χ0) is 11.5. The highest BCUT2D eigenvalue weighted by molar-refractivity contribution is 5.93. The summed E-state index contributed by atoms with van der Waals surface area (Å²) in [6.07, 6.45) is 5.28. The predicted octanol–water partition coefficient (Wildman–Crippen LogP) is 2.51. The smallest absolute Gasteiger partial charge is 0.178 e. The van der Waals surface area contributed by atoms with Crippen LogP contribution in [0.25, 0.3) is 0 Å². The highest BCUT2D eigenvalue weighted by Gasteiger charge is 2.24. The maximum absolute atomic E-state index is 11.8. The SMILES string of the molecule is CC(=O)c1cc(C2CCCCC2=O)ccn1. The molecule has 1 fully saturated rings. The number of carbonyl (C=O) groups is 2. The molecule has 16 heavy (non-hydrogen) atoms. The summed E-state index contributed by atoms with van der Waals surface area (Å²) >= 11 is 0. The Morgan fingerprint density at radius 3 is 2.94 bits per heavy atom. The molecular formula is C13H15NO2. The first-order chi connectivity index (χ1) is 7.68. The number of Topliss-reactive ketones (excluding diaryl/α,β-unsaturated/α-hetero) is 2. The maximum Gasteiger partial charge on any atom is 0.178 e. The van der Waals surface area contributed by atoms with Gasteiger partial charge in [-0.2, -0.15) is 0 Å². The number of hydrogen-bond acceptors (Lipinski definition) is 3. The number of rotatable bonds is 2. The molecule has 0 amide bonds. The molecule has 1 saturated carbocycles. The second-order valence-corrected chi connectivity index (χ2v) is 4.30. The van der Waals surface area contributed by atoms with E-state index in [1.54, 1.807) is 12.3 Å². The average molecular weight is 217 g/mol. The van der Waals surface area contributed by atoms with Crippen molar-refractivity contribution in [1.29, 1.82) is 0 Å². The number of hydrogen-bond donors (Lipinski definition) is 0. The van der Waals surface area contributed by atoms with Gasteiger partial charge in [0.1, 0.15) is 11.5 Å². The zero-order valence-electron chi connectivity index (χ0n) is 9.40. The minimum absolute atomic E-state index is 0.0187. The van der Waals surface area contributed by atoms with Crippen LogP contribution in [0.1, 0.15) is 54.6 Å². The second kappa shape index (κ2) is 4.56. The third-order valence-electron chi connectivity index (χ3n) is 3.10. The summed E-state index contributed by atoms with van der Waals surface area (Å²) in [5.74, 6) is 0.229. The van der Waals surface area contributed by atoms with Gasteiger partial charge in [-0.1, -0.05) is 6.42 Å². The monoisotopic (exact) mass is 217 g/mol. The fourth-order valence-electron chi connectivity index (χ4n) is 2.19. The van der Waals surface area contributed by atoms with Crippen LogP contribution in [0.2, 0.25) is 0 Å². The van der Waals surface area contributed by atoms with E-state index in [0.29, 0.717) is 17.9 Å². The molecule has 3 nitrogen and oxygen atoms in total. The lowest BCUT2D eigenvalue weighted by atomic mass is 9.83. The normalized spacial score (nSPS) is 20.8. The first-order valence-corrected chi connectivity index (χ1v) is 5.68. The molecule has 1 aliphatic rings. The van der Waals surface area contributed by atoms with Crippen LogP contribution in [0.5, 0.6) is 0 Å². The third kappa shape index (κ3) is 2.18. The summed E-state index contributed by atoms with van der Waals surface area (Å²) in [6.45, 7) is 1.49.